The Morgan fingerprint density at radius 2 is 2.05 bits per heavy atom. The van der Waals surface area contributed by atoms with Gasteiger partial charge in [-0.05, 0) is 50.0 Å². The van der Waals surface area contributed by atoms with E-state index in [9.17, 15) is 0 Å². The normalized spacial score (nSPS) is 30.6. The molecule has 0 aromatic carbocycles. The van der Waals surface area contributed by atoms with Crippen molar-refractivity contribution in [2.75, 3.05) is 0 Å². The van der Waals surface area contributed by atoms with Gasteiger partial charge in [0, 0.05) is 18.2 Å². The molecule has 0 radical (unpaired) electrons. The molecule has 1 aromatic heterocycles. The van der Waals surface area contributed by atoms with Crippen LogP contribution in [0.15, 0.2) is 16.7 Å². The molecule has 3 unspecified atom stereocenters. The van der Waals surface area contributed by atoms with E-state index in [1.54, 1.807) is 0 Å². The van der Waals surface area contributed by atoms with E-state index >= 15 is 0 Å². The molecule has 2 aliphatic rings. The van der Waals surface area contributed by atoms with E-state index in [1.165, 1.54) is 37.7 Å². The van der Waals surface area contributed by atoms with Crippen LogP contribution in [0.1, 0.15) is 57.3 Å². The van der Waals surface area contributed by atoms with E-state index in [2.05, 4.69) is 25.2 Å². The fourth-order valence-corrected chi connectivity index (χ4v) is 2.99. The van der Waals surface area contributed by atoms with Crippen LogP contribution in [0.5, 0.6) is 0 Å². The fourth-order valence-electron chi connectivity index (χ4n) is 2.99. The lowest BCUT2D eigenvalue weighted by Gasteiger charge is -2.31. The maximum absolute atomic E-state index is 6.02. The third-order valence-electron chi connectivity index (χ3n) is 4.89. The Morgan fingerprint density at radius 1 is 1.20 bits per heavy atom. The molecular formula is C17H27NO2. The summed E-state index contributed by atoms with van der Waals surface area (Å²) < 4.78 is 11.6. The predicted molar refractivity (Wildman–Crippen MR) is 79.3 cm³/mol. The molecule has 1 aromatic rings. The second-order valence-electron chi connectivity index (χ2n) is 6.78. The topological polar surface area (TPSA) is 34.4 Å². The average Bonchev–Trinajstić information content (AvgIpc) is 3.16. The molecule has 0 amide bonds. The monoisotopic (exact) mass is 277 g/mol. The largest absolute Gasteiger partial charge is 0.467 e. The van der Waals surface area contributed by atoms with Gasteiger partial charge >= 0.3 is 0 Å². The van der Waals surface area contributed by atoms with Crippen molar-refractivity contribution >= 4 is 0 Å². The van der Waals surface area contributed by atoms with E-state index in [-0.39, 0.29) is 0 Å². The summed E-state index contributed by atoms with van der Waals surface area (Å²) in [5.74, 6) is 2.59. The number of furan rings is 1. The molecule has 3 heteroatoms. The van der Waals surface area contributed by atoms with Gasteiger partial charge < -0.3 is 14.5 Å². The van der Waals surface area contributed by atoms with E-state index in [0.29, 0.717) is 12.7 Å². The minimum absolute atomic E-state index is 0.416. The van der Waals surface area contributed by atoms with Crippen LogP contribution in [0.2, 0.25) is 0 Å². The summed E-state index contributed by atoms with van der Waals surface area (Å²) in [6.45, 7) is 6.24. The smallest absolute Gasteiger partial charge is 0.129 e. The number of hydrogen-bond donors (Lipinski definition) is 1. The Balaban J connectivity index is 1.41. The van der Waals surface area contributed by atoms with Gasteiger partial charge in [0.05, 0.1) is 12.4 Å². The zero-order valence-corrected chi connectivity index (χ0v) is 12.7. The van der Waals surface area contributed by atoms with Crippen molar-refractivity contribution in [2.24, 2.45) is 11.8 Å². The summed E-state index contributed by atoms with van der Waals surface area (Å²) in [7, 11) is 0. The molecule has 3 nitrogen and oxygen atoms in total. The van der Waals surface area contributed by atoms with Crippen LogP contribution in [-0.4, -0.2) is 12.1 Å². The highest BCUT2D eigenvalue weighted by atomic mass is 16.5. The standard InChI is InChI=1S/C17H27NO2/c1-12-3-6-16(7-13(12)2)20-11-17-8-14(10-19-17)9-18-15-4-5-15/h8,10,12-13,15-16,18H,3-7,9,11H2,1-2H3. The lowest BCUT2D eigenvalue weighted by atomic mass is 9.80. The van der Waals surface area contributed by atoms with Gasteiger partial charge in [-0.3, -0.25) is 0 Å². The van der Waals surface area contributed by atoms with Crippen LogP contribution in [0, 0.1) is 11.8 Å². The van der Waals surface area contributed by atoms with Crippen LogP contribution >= 0.6 is 0 Å². The number of ether oxygens (including phenoxy) is 1. The SMILES string of the molecule is CC1CCC(OCc2cc(CNC3CC3)co2)CC1C. The minimum atomic E-state index is 0.416. The maximum Gasteiger partial charge on any atom is 0.129 e. The van der Waals surface area contributed by atoms with Crippen LogP contribution in [0.25, 0.3) is 0 Å². The second-order valence-corrected chi connectivity index (χ2v) is 6.78. The molecular weight excluding hydrogens is 250 g/mol. The molecule has 3 atom stereocenters. The fraction of sp³-hybridized carbons (Fsp3) is 0.765. The zero-order chi connectivity index (χ0) is 13.9. The van der Waals surface area contributed by atoms with Gasteiger partial charge in [0.1, 0.15) is 12.4 Å². The molecule has 1 N–H and O–H groups in total. The van der Waals surface area contributed by atoms with Gasteiger partial charge in [-0.2, -0.15) is 0 Å². The van der Waals surface area contributed by atoms with Crippen molar-refractivity contribution in [3.8, 4) is 0 Å². The first kappa shape index (κ1) is 14.2. The van der Waals surface area contributed by atoms with Gasteiger partial charge in [-0.15, -0.1) is 0 Å². The Hall–Kier alpha value is -0.800. The van der Waals surface area contributed by atoms with Gasteiger partial charge in [-0.25, -0.2) is 0 Å². The Kier molecular flexibility index (Phi) is 4.47. The van der Waals surface area contributed by atoms with Crippen LogP contribution in [0.4, 0.5) is 0 Å². The third kappa shape index (κ3) is 3.86. The first-order chi connectivity index (χ1) is 9.70. The van der Waals surface area contributed by atoms with Crippen LogP contribution in [0.3, 0.4) is 0 Å². The number of hydrogen-bond acceptors (Lipinski definition) is 3. The van der Waals surface area contributed by atoms with Crippen molar-refractivity contribution < 1.29 is 9.15 Å². The average molecular weight is 277 g/mol. The summed E-state index contributed by atoms with van der Waals surface area (Å²) >= 11 is 0. The van der Waals surface area contributed by atoms with E-state index in [4.69, 9.17) is 9.15 Å². The summed E-state index contributed by atoms with van der Waals surface area (Å²) in [6.07, 6.45) is 8.61. The minimum Gasteiger partial charge on any atom is -0.467 e. The van der Waals surface area contributed by atoms with Crippen LogP contribution in [-0.2, 0) is 17.9 Å². The Labute approximate surface area is 122 Å². The van der Waals surface area contributed by atoms with Gasteiger partial charge in [0.2, 0.25) is 0 Å². The van der Waals surface area contributed by atoms with E-state index < -0.39 is 0 Å². The molecule has 0 bridgehead atoms. The molecule has 112 valence electrons. The Morgan fingerprint density at radius 3 is 2.80 bits per heavy atom. The molecule has 2 saturated carbocycles. The van der Waals surface area contributed by atoms with Crippen LogP contribution < -0.4 is 5.32 Å². The van der Waals surface area contributed by atoms with Crippen molar-refractivity contribution in [3.63, 3.8) is 0 Å². The third-order valence-corrected chi connectivity index (χ3v) is 4.89. The molecule has 2 fully saturated rings. The van der Waals surface area contributed by atoms with E-state index in [1.807, 2.05) is 6.26 Å². The molecule has 1 heterocycles. The highest BCUT2D eigenvalue weighted by Crippen LogP contribution is 2.31. The van der Waals surface area contributed by atoms with Crippen molar-refractivity contribution in [2.45, 2.75) is 71.2 Å². The van der Waals surface area contributed by atoms with Crippen molar-refractivity contribution in [3.05, 3.63) is 23.7 Å². The van der Waals surface area contributed by atoms with Gasteiger partial charge in [0.25, 0.3) is 0 Å². The van der Waals surface area contributed by atoms with Gasteiger partial charge in [0.15, 0.2) is 0 Å². The lowest BCUT2D eigenvalue weighted by molar-refractivity contribution is -0.0139. The second kappa shape index (κ2) is 6.31. The first-order valence-electron chi connectivity index (χ1n) is 8.12. The van der Waals surface area contributed by atoms with Crippen molar-refractivity contribution in [1.82, 2.24) is 5.32 Å². The highest BCUT2D eigenvalue weighted by Gasteiger charge is 2.25. The number of rotatable bonds is 6. The molecule has 2 aliphatic carbocycles. The molecule has 0 spiro atoms. The molecule has 20 heavy (non-hydrogen) atoms. The zero-order valence-electron chi connectivity index (χ0n) is 12.7. The molecule has 0 aliphatic heterocycles. The summed E-state index contributed by atoms with van der Waals surface area (Å²) in [5, 5.41) is 3.50. The summed E-state index contributed by atoms with van der Waals surface area (Å²) in [5.41, 5.74) is 1.24. The lowest BCUT2D eigenvalue weighted by Crippen LogP contribution is -2.26. The predicted octanol–water partition coefficient (Wildman–Crippen LogP) is 3.87. The highest BCUT2D eigenvalue weighted by molar-refractivity contribution is 5.12. The summed E-state index contributed by atoms with van der Waals surface area (Å²) in [4.78, 5) is 0. The maximum atomic E-state index is 6.02. The molecule has 3 rings (SSSR count). The Bertz CT molecular complexity index is 424. The quantitative estimate of drug-likeness (QED) is 0.857. The summed E-state index contributed by atoms with van der Waals surface area (Å²) in [6, 6.07) is 2.87. The van der Waals surface area contributed by atoms with Gasteiger partial charge in [-0.1, -0.05) is 13.8 Å². The molecule has 0 saturated heterocycles. The van der Waals surface area contributed by atoms with E-state index in [0.717, 1.165) is 30.2 Å². The van der Waals surface area contributed by atoms with Crippen molar-refractivity contribution in [1.29, 1.82) is 0 Å². The first-order valence-corrected chi connectivity index (χ1v) is 8.12. The number of nitrogens with one attached hydrogen (secondary N) is 1.